The summed E-state index contributed by atoms with van der Waals surface area (Å²) in [5.41, 5.74) is 1.14. The Labute approximate surface area is 171 Å². The van der Waals surface area contributed by atoms with E-state index >= 15 is 0 Å². The van der Waals surface area contributed by atoms with Crippen molar-refractivity contribution in [3.8, 4) is 22.9 Å². The Morgan fingerprint density at radius 3 is 2.32 bits per heavy atom. The molecule has 0 unspecified atom stereocenters. The predicted octanol–water partition coefficient (Wildman–Crippen LogP) is 3.07. The van der Waals surface area contributed by atoms with Crippen molar-refractivity contribution in [3.63, 3.8) is 0 Å². The van der Waals surface area contributed by atoms with Gasteiger partial charge in [0.25, 0.3) is 0 Å². The van der Waals surface area contributed by atoms with Crippen LogP contribution in [0.2, 0.25) is 0 Å². The summed E-state index contributed by atoms with van der Waals surface area (Å²) in [7, 11) is 0. The number of halogens is 4. The SMILES string of the molecule is O=c1n(CCOc2ncc(F)cn2)nc2ccc(-c3ccc(OC(F)(F)F)cc3)cn12. The van der Waals surface area contributed by atoms with Crippen LogP contribution in [-0.2, 0) is 6.54 Å². The van der Waals surface area contributed by atoms with Gasteiger partial charge >= 0.3 is 18.1 Å². The van der Waals surface area contributed by atoms with Crippen LogP contribution in [0.25, 0.3) is 16.8 Å². The second kappa shape index (κ2) is 8.05. The maximum atomic E-state index is 12.8. The molecule has 0 amide bonds. The molecule has 4 aromatic rings. The van der Waals surface area contributed by atoms with E-state index < -0.39 is 17.9 Å². The van der Waals surface area contributed by atoms with Crippen LogP contribution in [0, 0.1) is 5.82 Å². The molecule has 0 saturated heterocycles. The lowest BCUT2D eigenvalue weighted by Gasteiger charge is -2.09. The molecule has 3 aromatic heterocycles. The molecule has 0 aliphatic heterocycles. The minimum Gasteiger partial charge on any atom is -0.461 e. The maximum absolute atomic E-state index is 12.8. The normalized spacial score (nSPS) is 11.6. The van der Waals surface area contributed by atoms with E-state index in [1.165, 1.54) is 39.5 Å². The van der Waals surface area contributed by atoms with Crippen LogP contribution in [0.4, 0.5) is 17.6 Å². The van der Waals surface area contributed by atoms with Gasteiger partial charge in [0.05, 0.1) is 18.9 Å². The number of aromatic nitrogens is 5. The van der Waals surface area contributed by atoms with Gasteiger partial charge in [0.1, 0.15) is 12.4 Å². The monoisotopic (exact) mass is 435 g/mol. The molecule has 0 fully saturated rings. The molecule has 0 aliphatic carbocycles. The minimum absolute atomic E-state index is 0.0292. The fourth-order valence-corrected chi connectivity index (χ4v) is 2.78. The summed E-state index contributed by atoms with van der Waals surface area (Å²) >= 11 is 0. The van der Waals surface area contributed by atoms with E-state index in [0.29, 0.717) is 16.8 Å². The van der Waals surface area contributed by atoms with E-state index in [1.807, 2.05) is 0 Å². The third kappa shape index (κ3) is 4.79. The van der Waals surface area contributed by atoms with Crippen LogP contribution in [0.15, 0.2) is 59.8 Å². The average molecular weight is 435 g/mol. The van der Waals surface area contributed by atoms with E-state index in [0.717, 1.165) is 12.4 Å². The second-order valence-corrected chi connectivity index (χ2v) is 6.26. The summed E-state index contributed by atoms with van der Waals surface area (Å²) in [5.74, 6) is -0.935. The van der Waals surface area contributed by atoms with E-state index in [4.69, 9.17) is 4.74 Å². The summed E-state index contributed by atoms with van der Waals surface area (Å²) in [5, 5.41) is 4.19. The van der Waals surface area contributed by atoms with Crippen LogP contribution in [-0.4, -0.2) is 37.1 Å². The second-order valence-electron chi connectivity index (χ2n) is 6.26. The summed E-state index contributed by atoms with van der Waals surface area (Å²) in [6.07, 6.45) is -1.31. The van der Waals surface area contributed by atoms with Crippen molar-refractivity contribution in [3.05, 3.63) is 71.3 Å². The lowest BCUT2D eigenvalue weighted by atomic mass is 10.1. The highest BCUT2D eigenvalue weighted by atomic mass is 19.4. The predicted molar refractivity (Wildman–Crippen MR) is 99.1 cm³/mol. The molecule has 0 spiro atoms. The van der Waals surface area contributed by atoms with Gasteiger partial charge in [-0.25, -0.2) is 28.2 Å². The number of nitrogens with zero attached hydrogens (tertiary/aromatic N) is 5. The Hall–Kier alpha value is -3.96. The molecule has 160 valence electrons. The molecule has 0 saturated carbocycles. The fraction of sp³-hybridized carbons (Fsp3) is 0.158. The molecule has 0 N–H and O–H groups in total. The van der Waals surface area contributed by atoms with Gasteiger partial charge < -0.3 is 9.47 Å². The molecule has 31 heavy (non-hydrogen) atoms. The van der Waals surface area contributed by atoms with Gasteiger partial charge in [-0.05, 0) is 35.4 Å². The highest BCUT2D eigenvalue weighted by Gasteiger charge is 2.30. The van der Waals surface area contributed by atoms with Crippen molar-refractivity contribution in [1.82, 2.24) is 24.1 Å². The molecular weight excluding hydrogens is 422 g/mol. The molecule has 4 rings (SSSR count). The first kappa shape index (κ1) is 20.3. The first-order chi connectivity index (χ1) is 14.8. The van der Waals surface area contributed by atoms with Gasteiger partial charge in [0.2, 0.25) is 0 Å². The molecule has 3 heterocycles. The summed E-state index contributed by atoms with van der Waals surface area (Å²) in [6.45, 7) is 0.128. The highest BCUT2D eigenvalue weighted by molar-refractivity contribution is 5.65. The topological polar surface area (TPSA) is 83.5 Å². The number of benzene rings is 1. The molecular formula is C19H13F4N5O3. The zero-order chi connectivity index (χ0) is 22.0. The summed E-state index contributed by atoms with van der Waals surface area (Å²) < 4.78 is 61.3. The highest BCUT2D eigenvalue weighted by Crippen LogP contribution is 2.26. The van der Waals surface area contributed by atoms with Crippen LogP contribution in [0.1, 0.15) is 0 Å². The van der Waals surface area contributed by atoms with Crippen molar-refractivity contribution >= 4 is 5.65 Å². The van der Waals surface area contributed by atoms with E-state index in [2.05, 4.69) is 19.8 Å². The first-order valence-corrected chi connectivity index (χ1v) is 8.84. The Bertz CT molecular complexity index is 1250. The lowest BCUT2D eigenvalue weighted by molar-refractivity contribution is -0.274. The van der Waals surface area contributed by atoms with Crippen molar-refractivity contribution in [1.29, 1.82) is 0 Å². The fourth-order valence-electron chi connectivity index (χ4n) is 2.78. The van der Waals surface area contributed by atoms with Gasteiger partial charge in [-0.3, -0.25) is 0 Å². The van der Waals surface area contributed by atoms with Crippen LogP contribution < -0.4 is 15.2 Å². The third-order valence-corrected chi connectivity index (χ3v) is 4.13. The summed E-state index contributed by atoms with van der Waals surface area (Å²) in [4.78, 5) is 19.9. The summed E-state index contributed by atoms with van der Waals surface area (Å²) in [6, 6.07) is 8.55. The van der Waals surface area contributed by atoms with Gasteiger partial charge in [0.15, 0.2) is 11.5 Å². The Balaban J connectivity index is 1.50. The molecule has 0 atom stereocenters. The largest absolute Gasteiger partial charge is 0.573 e. The van der Waals surface area contributed by atoms with Gasteiger partial charge in [0, 0.05) is 6.20 Å². The van der Waals surface area contributed by atoms with E-state index in [1.54, 1.807) is 12.1 Å². The number of rotatable bonds is 6. The Morgan fingerprint density at radius 2 is 1.65 bits per heavy atom. The standard InChI is InChI=1S/C19H13F4N5O3/c20-14-9-24-17(25-10-14)30-8-7-28-18(29)27-11-13(3-6-16(27)26-28)12-1-4-15(5-2-12)31-19(21,22)23/h1-6,9-11H,7-8H2. The smallest absolute Gasteiger partial charge is 0.461 e. The van der Waals surface area contributed by atoms with Crippen molar-refractivity contribution in [2.45, 2.75) is 12.9 Å². The van der Waals surface area contributed by atoms with Crippen LogP contribution >= 0.6 is 0 Å². The molecule has 1 aromatic carbocycles. The molecule has 8 nitrogen and oxygen atoms in total. The lowest BCUT2D eigenvalue weighted by Crippen LogP contribution is -2.24. The molecule has 0 bridgehead atoms. The van der Waals surface area contributed by atoms with Gasteiger partial charge in [-0.1, -0.05) is 12.1 Å². The zero-order valence-corrected chi connectivity index (χ0v) is 15.6. The number of hydrogen-bond acceptors (Lipinski definition) is 6. The average Bonchev–Trinajstić information content (AvgIpc) is 3.04. The third-order valence-electron chi connectivity index (χ3n) is 4.13. The molecule has 12 heteroatoms. The molecule has 0 aliphatic rings. The Kier molecular flexibility index (Phi) is 5.28. The van der Waals surface area contributed by atoms with Gasteiger partial charge in [-0.15, -0.1) is 18.3 Å². The zero-order valence-electron chi connectivity index (χ0n) is 15.6. The van der Waals surface area contributed by atoms with Crippen molar-refractivity contribution < 1.29 is 27.0 Å². The van der Waals surface area contributed by atoms with Gasteiger partial charge in [-0.2, -0.15) is 0 Å². The number of fused-ring (bicyclic) bond motifs is 1. The molecule has 0 radical (unpaired) electrons. The Morgan fingerprint density at radius 1 is 0.968 bits per heavy atom. The van der Waals surface area contributed by atoms with Crippen molar-refractivity contribution in [2.75, 3.05) is 6.61 Å². The van der Waals surface area contributed by atoms with Crippen LogP contribution in [0.3, 0.4) is 0 Å². The number of pyridine rings is 1. The maximum Gasteiger partial charge on any atom is 0.573 e. The number of hydrogen-bond donors (Lipinski definition) is 0. The van der Waals surface area contributed by atoms with E-state index in [9.17, 15) is 22.4 Å². The quantitative estimate of drug-likeness (QED) is 0.433. The number of ether oxygens (including phenoxy) is 2. The van der Waals surface area contributed by atoms with Crippen LogP contribution in [0.5, 0.6) is 11.8 Å². The van der Waals surface area contributed by atoms with Crippen molar-refractivity contribution in [2.24, 2.45) is 0 Å². The number of alkyl halides is 3. The first-order valence-electron chi connectivity index (χ1n) is 8.84. The minimum atomic E-state index is -4.77. The van der Waals surface area contributed by atoms with E-state index in [-0.39, 0.29) is 24.9 Å².